The Kier molecular flexibility index (Phi) is 6.10. The molecule has 0 aliphatic rings. The van der Waals surface area contributed by atoms with E-state index >= 15 is 0 Å². The summed E-state index contributed by atoms with van der Waals surface area (Å²) in [5.74, 6) is 0.346. The van der Waals surface area contributed by atoms with Crippen molar-refractivity contribution in [3.8, 4) is 0 Å². The van der Waals surface area contributed by atoms with Crippen LogP contribution in [0.25, 0.3) is 16.0 Å². The number of anilines is 1. The standard InChI is InChI=1S/C21H22FN5O2S2/c1-12(2)6-8-26-19(29)18-16(7-9-30-18)27-20(26)24-25-21(27)31-11-17(28)23-14-5-4-13(3)15(22)10-14/h4-5,7,9-10,12H,6,8,11H2,1-3H3,(H,23,28). The number of thiophene rings is 1. The van der Waals surface area contributed by atoms with Gasteiger partial charge in [-0.05, 0) is 48.4 Å². The van der Waals surface area contributed by atoms with Gasteiger partial charge < -0.3 is 5.32 Å². The summed E-state index contributed by atoms with van der Waals surface area (Å²) in [7, 11) is 0. The topological polar surface area (TPSA) is 81.3 Å². The number of aryl methyl sites for hydroxylation is 2. The average Bonchev–Trinajstić information content (AvgIpc) is 3.36. The van der Waals surface area contributed by atoms with Crippen LogP contribution in [0.1, 0.15) is 25.8 Å². The molecular weight excluding hydrogens is 437 g/mol. The van der Waals surface area contributed by atoms with Gasteiger partial charge in [0.1, 0.15) is 10.5 Å². The van der Waals surface area contributed by atoms with Gasteiger partial charge in [0.2, 0.25) is 11.7 Å². The van der Waals surface area contributed by atoms with Gasteiger partial charge in [-0.2, -0.15) is 0 Å². The fourth-order valence-electron chi connectivity index (χ4n) is 3.18. The third-order valence-corrected chi connectivity index (χ3v) is 6.72. The van der Waals surface area contributed by atoms with E-state index in [2.05, 4.69) is 29.4 Å². The quantitative estimate of drug-likeness (QED) is 0.416. The molecule has 1 amide bonds. The van der Waals surface area contributed by atoms with Gasteiger partial charge in [0.25, 0.3) is 5.56 Å². The SMILES string of the molecule is Cc1ccc(NC(=O)CSc2nnc3n(CCC(C)C)c(=O)c4sccc4n23)cc1F. The molecule has 1 N–H and O–H groups in total. The maximum Gasteiger partial charge on any atom is 0.272 e. The lowest BCUT2D eigenvalue weighted by Gasteiger charge is -2.10. The van der Waals surface area contributed by atoms with E-state index in [0.717, 1.165) is 11.9 Å². The van der Waals surface area contributed by atoms with E-state index in [0.29, 0.717) is 39.3 Å². The van der Waals surface area contributed by atoms with Crippen LogP contribution in [0.15, 0.2) is 39.6 Å². The summed E-state index contributed by atoms with van der Waals surface area (Å²) in [4.78, 5) is 25.3. The maximum atomic E-state index is 13.7. The third-order valence-electron chi connectivity index (χ3n) is 4.90. The van der Waals surface area contributed by atoms with Crippen molar-refractivity contribution in [2.45, 2.75) is 38.9 Å². The van der Waals surface area contributed by atoms with E-state index in [1.54, 1.807) is 23.6 Å². The Hall–Kier alpha value is -2.72. The van der Waals surface area contributed by atoms with E-state index < -0.39 is 0 Å². The lowest BCUT2D eigenvalue weighted by molar-refractivity contribution is -0.113. The Morgan fingerprint density at radius 2 is 2.10 bits per heavy atom. The zero-order valence-corrected chi connectivity index (χ0v) is 19.0. The number of aromatic nitrogens is 4. The summed E-state index contributed by atoms with van der Waals surface area (Å²) in [6.07, 6.45) is 0.845. The van der Waals surface area contributed by atoms with E-state index in [4.69, 9.17) is 0 Å². The summed E-state index contributed by atoms with van der Waals surface area (Å²) in [5.41, 5.74) is 1.59. The van der Waals surface area contributed by atoms with Crippen molar-refractivity contribution in [3.63, 3.8) is 0 Å². The van der Waals surface area contributed by atoms with Crippen molar-refractivity contribution in [3.05, 3.63) is 51.4 Å². The monoisotopic (exact) mass is 459 g/mol. The number of fused-ring (bicyclic) bond motifs is 3. The van der Waals surface area contributed by atoms with Crippen molar-refractivity contribution in [2.75, 3.05) is 11.1 Å². The molecule has 0 atom stereocenters. The second-order valence-electron chi connectivity index (χ2n) is 7.69. The summed E-state index contributed by atoms with van der Waals surface area (Å²) in [6.45, 7) is 6.43. The molecule has 4 aromatic rings. The third kappa shape index (κ3) is 4.35. The number of amides is 1. The summed E-state index contributed by atoms with van der Waals surface area (Å²) >= 11 is 2.61. The molecule has 0 aliphatic carbocycles. The molecule has 4 rings (SSSR count). The van der Waals surface area contributed by atoms with Gasteiger partial charge in [0.15, 0.2) is 5.16 Å². The van der Waals surface area contributed by atoms with Crippen molar-refractivity contribution >= 4 is 50.7 Å². The van der Waals surface area contributed by atoms with Gasteiger partial charge in [0.05, 0.1) is 11.3 Å². The first-order valence-corrected chi connectivity index (χ1v) is 11.8. The first-order chi connectivity index (χ1) is 14.8. The highest BCUT2D eigenvalue weighted by Crippen LogP contribution is 2.25. The smallest absolute Gasteiger partial charge is 0.272 e. The molecule has 31 heavy (non-hydrogen) atoms. The second-order valence-corrected chi connectivity index (χ2v) is 9.55. The molecule has 7 nitrogen and oxygen atoms in total. The lowest BCUT2D eigenvalue weighted by Crippen LogP contribution is -2.23. The zero-order chi connectivity index (χ0) is 22.1. The molecule has 0 unspecified atom stereocenters. The Bertz CT molecular complexity index is 1320. The van der Waals surface area contributed by atoms with Crippen molar-refractivity contribution in [1.29, 1.82) is 0 Å². The van der Waals surface area contributed by atoms with Crippen LogP contribution in [0.2, 0.25) is 0 Å². The van der Waals surface area contributed by atoms with Crippen LogP contribution in [-0.2, 0) is 11.3 Å². The maximum absolute atomic E-state index is 13.7. The number of carbonyl (C=O) groups excluding carboxylic acids is 1. The molecule has 162 valence electrons. The minimum Gasteiger partial charge on any atom is -0.325 e. The highest BCUT2D eigenvalue weighted by molar-refractivity contribution is 7.99. The minimum absolute atomic E-state index is 0.0683. The zero-order valence-electron chi connectivity index (χ0n) is 17.4. The predicted octanol–water partition coefficient (Wildman–Crippen LogP) is 4.33. The van der Waals surface area contributed by atoms with Crippen molar-refractivity contribution in [2.24, 2.45) is 5.92 Å². The molecule has 0 bridgehead atoms. The Morgan fingerprint density at radius 1 is 1.29 bits per heavy atom. The van der Waals surface area contributed by atoms with Crippen LogP contribution in [-0.4, -0.2) is 30.8 Å². The molecule has 3 heterocycles. The first-order valence-electron chi connectivity index (χ1n) is 9.89. The molecule has 10 heteroatoms. The van der Waals surface area contributed by atoms with Crippen LogP contribution >= 0.6 is 23.1 Å². The highest BCUT2D eigenvalue weighted by atomic mass is 32.2. The van der Waals surface area contributed by atoms with Gasteiger partial charge in [-0.15, -0.1) is 21.5 Å². The van der Waals surface area contributed by atoms with Crippen LogP contribution in [0.5, 0.6) is 0 Å². The Labute approximate surface area is 186 Å². The molecule has 0 saturated heterocycles. The number of halogens is 1. The molecule has 0 fully saturated rings. The number of nitrogens with zero attached hydrogens (tertiary/aromatic N) is 4. The highest BCUT2D eigenvalue weighted by Gasteiger charge is 2.18. The fourth-order valence-corrected chi connectivity index (χ4v) is 4.74. The second kappa shape index (κ2) is 8.80. The summed E-state index contributed by atoms with van der Waals surface area (Å²) in [5, 5.41) is 13.6. The van der Waals surface area contributed by atoms with Crippen LogP contribution in [0.3, 0.4) is 0 Å². The van der Waals surface area contributed by atoms with Crippen molar-refractivity contribution in [1.82, 2.24) is 19.2 Å². The Balaban J connectivity index is 1.60. The van der Waals surface area contributed by atoms with Crippen molar-refractivity contribution < 1.29 is 9.18 Å². The number of hydrogen-bond acceptors (Lipinski definition) is 6. The van der Waals surface area contributed by atoms with Gasteiger partial charge in [-0.1, -0.05) is 31.7 Å². The first kappa shape index (κ1) is 21.5. The Morgan fingerprint density at radius 3 is 2.84 bits per heavy atom. The van der Waals surface area contributed by atoms with Crippen LogP contribution < -0.4 is 10.9 Å². The molecule has 0 aliphatic heterocycles. The molecule has 0 saturated carbocycles. The van der Waals surface area contributed by atoms with E-state index in [1.807, 2.05) is 15.8 Å². The number of carbonyl (C=O) groups is 1. The number of thioether (sulfide) groups is 1. The normalized spacial score (nSPS) is 11.6. The predicted molar refractivity (Wildman–Crippen MR) is 123 cm³/mol. The van der Waals surface area contributed by atoms with E-state index in [1.165, 1.54) is 29.2 Å². The van der Waals surface area contributed by atoms with E-state index in [-0.39, 0.29) is 23.0 Å². The molecule has 0 spiro atoms. The van der Waals surface area contributed by atoms with Gasteiger partial charge in [-0.3, -0.25) is 18.6 Å². The number of nitrogens with one attached hydrogen (secondary N) is 1. The van der Waals surface area contributed by atoms with Gasteiger partial charge >= 0.3 is 0 Å². The largest absolute Gasteiger partial charge is 0.325 e. The summed E-state index contributed by atoms with van der Waals surface area (Å²) in [6, 6.07) is 6.44. The van der Waals surface area contributed by atoms with Crippen LogP contribution in [0.4, 0.5) is 10.1 Å². The minimum atomic E-state index is -0.367. The average molecular weight is 460 g/mol. The summed E-state index contributed by atoms with van der Waals surface area (Å²) < 4.78 is 17.8. The molecule has 3 aromatic heterocycles. The number of hydrogen-bond donors (Lipinski definition) is 1. The van der Waals surface area contributed by atoms with Crippen LogP contribution in [0, 0.1) is 18.7 Å². The number of rotatable bonds is 7. The lowest BCUT2D eigenvalue weighted by atomic mass is 10.1. The fraction of sp³-hybridized carbons (Fsp3) is 0.333. The number of benzene rings is 1. The van der Waals surface area contributed by atoms with E-state index in [9.17, 15) is 14.0 Å². The van der Waals surface area contributed by atoms with Gasteiger partial charge in [-0.25, -0.2) is 4.39 Å². The molecule has 1 aromatic carbocycles. The molecule has 0 radical (unpaired) electrons. The molecular formula is C21H22FN5O2S2. The van der Waals surface area contributed by atoms with Gasteiger partial charge in [0, 0.05) is 12.2 Å².